The second-order valence-corrected chi connectivity index (χ2v) is 7.86. The van der Waals surface area contributed by atoms with Gasteiger partial charge >= 0.3 is 6.03 Å². The number of amides is 2. The number of nitrogens with two attached hydrogens (primary N) is 1. The standard InChI is InChI=1S/C19H24FN3O3S/c1-4-23(14(3)15-8-10-17(20)11-9-15)19(24)22-13(2)16-6-5-7-18(12-16)27(21,25)26/h5-14H,4H2,1-3H3,(H,22,24)(H2,21,25,26). The van der Waals surface area contributed by atoms with Gasteiger partial charge in [0.1, 0.15) is 5.82 Å². The zero-order chi connectivity index (χ0) is 20.2. The Hall–Kier alpha value is -2.45. The predicted molar refractivity (Wildman–Crippen MR) is 102 cm³/mol. The molecule has 6 nitrogen and oxygen atoms in total. The summed E-state index contributed by atoms with van der Waals surface area (Å²) in [7, 11) is -3.82. The van der Waals surface area contributed by atoms with E-state index >= 15 is 0 Å². The van der Waals surface area contributed by atoms with E-state index in [0.717, 1.165) is 5.56 Å². The number of carbonyl (C=O) groups is 1. The molecule has 0 aliphatic carbocycles. The van der Waals surface area contributed by atoms with Gasteiger partial charge in [0, 0.05) is 6.54 Å². The molecule has 0 radical (unpaired) electrons. The molecule has 0 aliphatic rings. The van der Waals surface area contributed by atoms with Gasteiger partial charge in [0.2, 0.25) is 10.0 Å². The third-order valence-electron chi connectivity index (χ3n) is 4.45. The van der Waals surface area contributed by atoms with Crippen LogP contribution in [0.15, 0.2) is 53.4 Å². The van der Waals surface area contributed by atoms with Gasteiger partial charge in [-0.05, 0) is 56.2 Å². The number of hydrogen-bond donors (Lipinski definition) is 2. The van der Waals surface area contributed by atoms with E-state index in [9.17, 15) is 17.6 Å². The van der Waals surface area contributed by atoms with Crippen molar-refractivity contribution in [2.24, 2.45) is 5.14 Å². The lowest BCUT2D eigenvalue weighted by Crippen LogP contribution is -2.42. The highest BCUT2D eigenvalue weighted by molar-refractivity contribution is 7.89. The summed E-state index contributed by atoms with van der Waals surface area (Å²) < 4.78 is 36.1. The van der Waals surface area contributed by atoms with Crippen LogP contribution in [0.2, 0.25) is 0 Å². The fraction of sp³-hybridized carbons (Fsp3) is 0.316. The minimum atomic E-state index is -3.82. The van der Waals surface area contributed by atoms with Crippen LogP contribution >= 0.6 is 0 Å². The number of rotatable bonds is 6. The fourth-order valence-electron chi connectivity index (χ4n) is 2.83. The topological polar surface area (TPSA) is 92.5 Å². The van der Waals surface area contributed by atoms with Crippen LogP contribution in [-0.2, 0) is 10.0 Å². The molecular weight excluding hydrogens is 369 g/mol. The second kappa shape index (κ2) is 8.49. The van der Waals surface area contributed by atoms with Crippen molar-refractivity contribution in [1.82, 2.24) is 10.2 Å². The summed E-state index contributed by atoms with van der Waals surface area (Å²) in [6, 6.07) is 11.2. The van der Waals surface area contributed by atoms with Crippen LogP contribution < -0.4 is 10.5 Å². The summed E-state index contributed by atoms with van der Waals surface area (Å²) in [5.74, 6) is -0.332. The van der Waals surface area contributed by atoms with Crippen molar-refractivity contribution >= 4 is 16.1 Å². The molecule has 2 atom stereocenters. The highest BCUT2D eigenvalue weighted by Crippen LogP contribution is 2.22. The largest absolute Gasteiger partial charge is 0.331 e. The van der Waals surface area contributed by atoms with Crippen LogP contribution in [0.25, 0.3) is 0 Å². The first kappa shape index (κ1) is 20.9. The minimum Gasteiger partial charge on any atom is -0.331 e. The average molecular weight is 393 g/mol. The Bertz CT molecular complexity index is 901. The molecule has 0 heterocycles. The molecule has 8 heteroatoms. The predicted octanol–water partition coefficient (Wildman–Crippen LogP) is 3.33. The molecule has 0 aliphatic heterocycles. The first-order valence-corrected chi connectivity index (χ1v) is 10.1. The quantitative estimate of drug-likeness (QED) is 0.788. The maximum absolute atomic E-state index is 13.1. The smallest absolute Gasteiger partial charge is 0.318 e. The van der Waals surface area contributed by atoms with Crippen LogP contribution in [0.4, 0.5) is 9.18 Å². The van der Waals surface area contributed by atoms with Gasteiger partial charge in [0.15, 0.2) is 0 Å². The van der Waals surface area contributed by atoms with Crippen LogP contribution in [-0.4, -0.2) is 25.9 Å². The van der Waals surface area contributed by atoms with Gasteiger partial charge in [-0.25, -0.2) is 22.7 Å². The number of urea groups is 1. The molecule has 27 heavy (non-hydrogen) atoms. The van der Waals surface area contributed by atoms with Gasteiger partial charge in [-0.15, -0.1) is 0 Å². The Morgan fingerprint density at radius 3 is 2.33 bits per heavy atom. The molecule has 0 saturated heterocycles. The van der Waals surface area contributed by atoms with Crippen LogP contribution in [0.3, 0.4) is 0 Å². The maximum Gasteiger partial charge on any atom is 0.318 e. The first-order chi connectivity index (χ1) is 12.6. The normalized spacial score (nSPS) is 13.7. The van der Waals surface area contributed by atoms with Crippen molar-refractivity contribution in [3.8, 4) is 0 Å². The molecule has 0 saturated carbocycles. The number of carbonyl (C=O) groups excluding carboxylic acids is 1. The van der Waals surface area contributed by atoms with Crippen molar-refractivity contribution in [1.29, 1.82) is 0 Å². The Morgan fingerprint density at radius 1 is 1.15 bits per heavy atom. The summed E-state index contributed by atoms with van der Waals surface area (Å²) >= 11 is 0. The van der Waals surface area contributed by atoms with E-state index in [1.807, 2.05) is 13.8 Å². The molecule has 2 aromatic carbocycles. The van der Waals surface area contributed by atoms with E-state index < -0.39 is 16.1 Å². The summed E-state index contributed by atoms with van der Waals surface area (Å²) in [6.45, 7) is 5.93. The van der Waals surface area contributed by atoms with E-state index in [0.29, 0.717) is 12.1 Å². The molecule has 0 spiro atoms. The minimum absolute atomic E-state index is 0.00636. The monoisotopic (exact) mass is 393 g/mol. The maximum atomic E-state index is 13.1. The van der Waals surface area contributed by atoms with Crippen LogP contribution in [0.5, 0.6) is 0 Å². The third kappa shape index (κ3) is 5.27. The van der Waals surface area contributed by atoms with Crippen molar-refractivity contribution in [2.45, 2.75) is 37.8 Å². The number of nitrogens with zero attached hydrogens (tertiary/aromatic N) is 1. The number of primary sulfonamides is 1. The van der Waals surface area contributed by atoms with Crippen molar-refractivity contribution in [2.75, 3.05) is 6.54 Å². The van der Waals surface area contributed by atoms with E-state index in [4.69, 9.17) is 5.14 Å². The van der Waals surface area contributed by atoms with Gasteiger partial charge in [0.05, 0.1) is 17.0 Å². The Kier molecular flexibility index (Phi) is 6.56. The second-order valence-electron chi connectivity index (χ2n) is 6.30. The number of nitrogens with one attached hydrogen (secondary N) is 1. The average Bonchev–Trinajstić information content (AvgIpc) is 2.62. The van der Waals surface area contributed by atoms with Crippen molar-refractivity contribution in [3.05, 3.63) is 65.5 Å². The van der Waals surface area contributed by atoms with E-state index in [2.05, 4.69) is 5.32 Å². The Labute approximate surface area is 159 Å². The Balaban J connectivity index is 2.15. The zero-order valence-electron chi connectivity index (χ0n) is 15.5. The van der Waals surface area contributed by atoms with E-state index in [-0.39, 0.29) is 22.8 Å². The third-order valence-corrected chi connectivity index (χ3v) is 5.36. The first-order valence-electron chi connectivity index (χ1n) is 8.58. The van der Waals surface area contributed by atoms with Gasteiger partial charge in [-0.1, -0.05) is 24.3 Å². The van der Waals surface area contributed by atoms with Gasteiger partial charge in [-0.2, -0.15) is 0 Å². The van der Waals surface area contributed by atoms with E-state index in [1.54, 1.807) is 36.1 Å². The highest BCUT2D eigenvalue weighted by atomic mass is 32.2. The lowest BCUT2D eigenvalue weighted by Gasteiger charge is -2.30. The lowest BCUT2D eigenvalue weighted by molar-refractivity contribution is 0.179. The Morgan fingerprint density at radius 2 is 1.78 bits per heavy atom. The SMILES string of the molecule is CCN(C(=O)NC(C)c1cccc(S(N)(=O)=O)c1)C(C)c1ccc(F)cc1. The van der Waals surface area contributed by atoms with Crippen LogP contribution in [0.1, 0.15) is 44.0 Å². The summed E-state index contributed by atoms with van der Waals surface area (Å²) in [4.78, 5) is 14.3. The zero-order valence-corrected chi connectivity index (χ0v) is 16.3. The molecule has 0 fully saturated rings. The molecule has 0 bridgehead atoms. The van der Waals surface area contributed by atoms with Crippen LogP contribution in [0, 0.1) is 5.82 Å². The number of hydrogen-bond acceptors (Lipinski definition) is 3. The summed E-state index contributed by atoms with van der Waals surface area (Å²) in [5, 5.41) is 8.03. The summed E-state index contributed by atoms with van der Waals surface area (Å²) in [5.41, 5.74) is 1.44. The van der Waals surface area contributed by atoms with Crippen molar-refractivity contribution in [3.63, 3.8) is 0 Å². The number of halogens is 1. The molecule has 0 aromatic heterocycles. The molecule has 2 amide bonds. The van der Waals surface area contributed by atoms with Gasteiger partial charge in [0.25, 0.3) is 0 Å². The number of benzene rings is 2. The molecule has 3 N–H and O–H groups in total. The number of sulfonamides is 1. The molecule has 2 unspecified atom stereocenters. The van der Waals surface area contributed by atoms with Gasteiger partial charge in [-0.3, -0.25) is 0 Å². The molecular formula is C19H24FN3O3S. The van der Waals surface area contributed by atoms with Crippen molar-refractivity contribution < 1.29 is 17.6 Å². The molecule has 2 rings (SSSR count). The van der Waals surface area contributed by atoms with E-state index in [1.165, 1.54) is 24.3 Å². The van der Waals surface area contributed by atoms with Gasteiger partial charge < -0.3 is 10.2 Å². The summed E-state index contributed by atoms with van der Waals surface area (Å²) in [6.07, 6.45) is 0. The molecule has 2 aromatic rings. The highest BCUT2D eigenvalue weighted by Gasteiger charge is 2.22. The fourth-order valence-corrected chi connectivity index (χ4v) is 3.40. The lowest BCUT2D eigenvalue weighted by atomic mass is 10.1. The molecule has 146 valence electrons.